The van der Waals surface area contributed by atoms with E-state index in [0.717, 1.165) is 49.1 Å². The monoisotopic (exact) mass is 314 g/mol. The number of nitrogens with zero attached hydrogens (tertiary/aromatic N) is 2. The van der Waals surface area contributed by atoms with Crippen LogP contribution in [0, 0.1) is 0 Å². The minimum Gasteiger partial charge on any atom is -0.423 e. The first-order valence-corrected chi connectivity index (χ1v) is 8.10. The number of carbonyl (C=O) groups is 1. The molecule has 0 radical (unpaired) electrons. The highest BCUT2D eigenvalue weighted by Gasteiger charge is 2.19. The van der Waals surface area contributed by atoms with Crippen molar-refractivity contribution in [3.05, 3.63) is 45.8 Å². The summed E-state index contributed by atoms with van der Waals surface area (Å²) < 4.78 is 5.36. The molecule has 1 fully saturated rings. The molecule has 0 bridgehead atoms. The van der Waals surface area contributed by atoms with Gasteiger partial charge in [-0.05, 0) is 23.6 Å². The van der Waals surface area contributed by atoms with Gasteiger partial charge in [0.15, 0.2) is 0 Å². The molecule has 0 saturated carbocycles. The maximum atomic E-state index is 11.8. The van der Waals surface area contributed by atoms with Crippen molar-refractivity contribution in [3.63, 3.8) is 0 Å². The summed E-state index contributed by atoms with van der Waals surface area (Å²) in [5, 5.41) is 0.996. The Bertz CT molecular complexity index is 773. The fourth-order valence-electron chi connectivity index (χ4n) is 3.09. The van der Waals surface area contributed by atoms with Crippen molar-refractivity contribution < 1.29 is 9.21 Å². The van der Waals surface area contributed by atoms with Crippen molar-refractivity contribution in [2.24, 2.45) is 0 Å². The van der Waals surface area contributed by atoms with Crippen LogP contribution in [0.25, 0.3) is 11.0 Å². The molecule has 3 rings (SSSR count). The first kappa shape index (κ1) is 15.7. The molecule has 1 aromatic carbocycles. The van der Waals surface area contributed by atoms with Crippen LogP contribution in [-0.4, -0.2) is 41.9 Å². The van der Waals surface area contributed by atoms with Crippen LogP contribution < -0.4 is 5.63 Å². The zero-order valence-corrected chi connectivity index (χ0v) is 13.7. The first-order valence-electron chi connectivity index (χ1n) is 8.10. The van der Waals surface area contributed by atoms with Crippen LogP contribution in [0.2, 0.25) is 0 Å². The maximum absolute atomic E-state index is 11.8. The summed E-state index contributed by atoms with van der Waals surface area (Å²) in [5.41, 5.74) is 2.51. The highest BCUT2D eigenvalue weighted by atomic mass is 16.4. The summed E-state index contributed by atoms with van der Waals surface area (Å²) in [6, 6.07) is 7.66. The lowest BCUT2D eigenvalue weighted by molar-refractivity contribution is -0.130. The predicted octanol–water partition coefficient (Wildman–Crippen LogP) is 2.02. The van der Waals surface area contributed by atoms with Crippen LogP contribution >= 0.6 is 0 Å². The molecule has 5 heteroatoms. The van der Waals surface area contributed by atoms with Crippen LogP contribution in [0.15, 0.2) is 33.5 Å². The van der Waals surface area contributed by atoms with Gasteiger partial charge in [0.2, 0.25) is 5.91 Å². The second kappa shape index (κ2) is 6.54. The van der Waals surface area contributed by atoms with E-state index in [4.69, 9.17) is 4.42 Å². The molecule has 0 N–H and O–H groups in total. The van der Waals surface area contributed by atoms with Crippen LogP contribution in [0.1, 0.15) is 25.0 Å². The second-order valence-electron chi connectivity index (χ2n) is 6.06. The molecule has 1 aliphatic rings. The van der Waals surface area contributed by atoms with E-state index in [1.54, 1.807) is 13.0 Å². The van der Waals surface area contributed by atoms with E-state index in [-0.39, 0.29) is 11.5 Å². The molecule has 2 heterocycles. The van der Waals surface area contributed by atoms with Gasteiger partial charge in [-0.15, -0.1) is 0 Å². The van der Waals surface area contributed by atoms with Crippen molar-refractivity contribution in [2.75, 3.05) is 26.2 Å². The zero-order chi connectivity index (χ0) is 16.4. The summed E-state index contributed by atoms with van der Waals surface area (Å²) in [6.45, 7) is 7.54. The largest absolute Gasteiger partial charge is 0.423 e. The lowest BCUT2D eigenvalue weighted by Gasteiger charge is -2.34. The smallest absolute Gasteiger partial charge is 0.336 e. The molecule has 2 aromatic rings. The summed E-state index contributed by atoms with van der Waals surface area (Å²) in [7, 11) is 0. The average Bonchev–Trinajstić information content (AvgIpc) is 2.54. The number of carbonyl (C=O) groups excluding carboxylic acids is 1. The third-order valence-electron chi connectivity index (χ3n) is 4.51. The SMILES string of the molecule is CCc1ccc2c(CN3CCN(C(C)=O)CC3)cc(=O)oc2c1. The van der Waals surface area contributed by atoms with Gasteiger partial charge in [0.25, 0.3) is 0 Å². The molecule has 1 aromatic heterocycles. The number of hydrogen-bond acceptors (Lipinski definition) is 4. The van der Waals surface area contributed by atoms with E-state index in [1.165, 1.54) is 0 Å². The normalized spacial score (nSPS) is 16.0. The molecular weight excluding hydrogens is 292 g/mol. The Balaban J connectivity index is 1.83. The van der Waals surface area contributed by atoms with Crippen molar-refractivity contribution in [2.45, 2.75) is 26.8 Å². The lowest BCUT2D eigenvalue weighted by atomic mass is 10.1. The maximum Gasteiger partial charge on any atom is 0.336 e. The van der Waals surface area contributed by atoms with Crippen LogP contribution in [0.4, 0.5) is 0 Å². The molecular formula is C18H22N2O3. The van der Waals surface area contributed by atoms with E-state index in [1.807, 2.05) is 17.0 Å². The van der Waals surface area contributed by atoms with E-state index in [2.05, 4.69) is 17.9 Å². The van der Waals surface area contributed by atoms with Gasteiger partial charge in [-0.2, -0.15) is 0 Å². The molecule has 0 spiro atoms. The molecule has 0 atom stereocenters. The molecule has 122 valence electrons. The number of amides is 1. The number of hydrogen-bond donors (Lipinski definition) is 0. The topological polar surface area (TPSA) is 53.8 Å². The molecule has 5 nitrogen and oxygen atoms in total. The summed E-state index contributed by atoms with van der Waals surface area (Å²) >= 11 is 0. The second-order valence-corrected chi connectivity index (χ2v) is 6.06. The highest BCUT2D eigenvalue weighted by Crippen LogP contribution is 2.21. The van der Waals surface area contributed by atoms with Gasteiger partial charge in [0.05, 0.1) is 0 Å². The van der Waals surface area contributed by atoms with Gasteiger partial charge in [0, 0.05) is 51.1 Å². The third kappa shape index (κ3) is 3.45. The molecule has 0 unspecified atom stereocenters. The Hall–Kier alpha value is -2.14. The highest BCUT2D eigenvalue weighted by molar-refractivity contribution is 5.80. The van der Waals surface area contributed by atoms with Gasteiger partial charge < -0.3 is 9.32 Å². The Labute approximate surface area is 135 Å². The minimum atomic E-state index is -0.303. The van der Waals surface area contributed by atoms with Crippen molar-refractivity contribution in [1.82, 2.24) is 9.80 Å². The standard InChI is InChI=1S/C18H22N2O3/c1-3-14-4-5-16-15(11-18(22)23-17(16)10-14)12-19-6-8-20(9-7-19)13(2)21/h4-5,10-11H,3,6-9,12H2,1-2H3. The fraction of sp³-hybridized carbons (Fsp3) is 0.444. The van der Waals surface area contributed by atoms with E-state index in [9.17, 15) is 9.59 Å². The Morgan fingerprint density at radius 2 is 1.91 bits per heavy atom. The number of aryl methyl sites for hydroxylation is 1. The van der Waals surface area contributed by atoms with E-state index in [0.29, 0.717) is 12.1 Å². The summed E-state index contributed by atoms with van der Waals surface area (Å²) in [6.07, 6.45) is 0.914. The Morgan fingerprint density at radius 3 is 2.57 bits per heavy atom. The van der Waals surface area contributed by atoms with Gasteiger partial charge in [-0.25, -0.2) is 4.79 Å². The van der Waals surface area contributed by atoms with Crippen LogP contribution in [0.3, 0.4) is 0 Å². The number of fused-ring (bicyclic) bond motifs is 1. The van der Waals surface area contributed by atoms with Gasteiger partial charge in [-0.3, -0.25) is 9.69 Å². The molecule has 1 saturated heterocycles. The van der Waals surface area contributed by atoms with E-state index >= 15 is 0 Å². The number of rotatable bonds is 3. The fourth-order valence-corrected chi connectivity index (χ4v) is 3.09. The molecule has 23 heavy (non-hydrogen) atoms. The van der Waals surface area contributed by atoms with Crippen LogP contribution in [0.5, 0.6) is 0 Å². The minimum absolute atomic E-state index is 0.127. The quantitative estimate of drug-likeness (QED) is 0.813. The van der Waals surface area contributed by atoms with Gasteiger partial charge in [0.1, 0.15) is 5.58 Å². The average molecular weight is 314 g/mol. The van der Waals surface area contributed by atoms with Crippen molar-refractivity contribution in [1.29, 1.82) is 0 Å². The Kier molecular flexibility index (Phi) is 4.48. The van der Waals surface area contributed by atoms with Crippen molar-refractivity contribution in [3.8, 4) is 0 Å². The third-order valence-corrected chi connectivity index (χ3v) is 4.51. The van der Waals surface area contributed by atoms with E-state index < -0.39 is 0 Å². The summed E-state index contributed by atoms with van der Waals surface area (Å²) in [5.74, 6) is 0.127. The van der Waals surface area contributed by atoms with Crippen molar-refractivity contribution >= 4 is 16.9 Å². The molecule has 0 aliphatic carbocycles. The van der Waals surface area contributed by atoms with Crippen LogP contribution in [-0.2, 0) is 17.8 Å². The molecule has 1 amide bonds. The zero-order valence-electron chi connectivity index (χ0n) is 13.7. The lowest BCUT2D eigenvalue weighted by Crippen LogP contribution is -2.47. The number of benzene rings is 1. The molecule has 1 aliphatic heterocycles. The number of piperazine rings is 1. The Morgan fingerprint density at radius 1 is 1.17 bits per heavy atom. The predicted molar refractivity (Wildman–Crippen MR) is 89.4 cm³/mol. The van der Waals surface area contributed by atoms with Gasteiger partial charge >= 0.3 is 5.63 Å². The first-order chi connectivity index (χ1) is 11.1. The summed E-state index contributed by atoms with van der Waals surface area (Å²) in [4.78, 5) is 27.4. The van der Waals surface area contributed by atoms with Gasteiger partial charge in [-0.1, -0.05) is 19.1 Å².